The van der Waals surface area contributed by atoms with Gasteiger partial charge in [0, 0.05) is 17.7 Å². The summed E-state index contributed by atoms with van der Waals surface area (Å²) in [5.41, 5.74) is 11.0. The van der Waals surface area contributed by atoms with Crippen LogP contribution in [0.1, 0.15) is 45.2 Å². The molecule has 9 atom stereocenters. The van der Waals surface area contributed by atoms with Crippen molar-refractivity contribution in [3.05, 3.63) is 34.9 Å². The van der Waals surface area contributed by atoms with Crippen LogP contribution in [-0.4, -0.2) is 65.0 Å². The topological polar surface area (TPSA) is 231 Å². The van der Waals surface area contributed by atoms with Gasteiger partial charge in [-0.3, -0.25) is 22.7 Å². The molecule has 5 N–H and O–H groups in total. The van der Waals surface area contributed by atoms with Crippen LogP contribution in [0.3, 0.4) is 0 Å². The molecule has 0 saturated carbocycles. The Morgan fingerprint density at radius 1 is 1.16 bits per heavy atom. The lowest BCUT2D eigenvalue weighted by atomic mass is 9.93. The van der Waals surface area contributed by atoms with Crippen molar-refractivity contribution in [3.8, 4) is 0 Å². The van der Waals surface area contributed by atoms with Gasteiger partial charge in [-0.15, -0.1) is 0 Å². The second-order valence-electron chi connectivity index (χ2n) is 11.2. The van der Waals surface area contributed by atoms with Gasteiger partial charge in [0.2, 0.25) is 0 Å². The van der Waals surface area contributed by atoms with E-state index < -0.39 is 62.1 Å². The summed E-state index contributed by atoms with van der Waals surface area (Å²) in [5.74, 6) is -0.391. The number of aromatic nitrogens is 6. The Hall–Kier alpha value is -2.05. The molecule has 242 valence electrons. The van der Waals surface area contributed by atoms with Gasteiger partial charge in [0.1, 0.15) is 41.8 Å². The predicted molar refractivity (Wildman–Crippen MR) is 165 cm³/mol. The van der Waals surface area contributed by atoms with Gasteiger partial charge in [0.05, 0.1) is 25.6 Å². The van der Waals surface area contributed by atoms with E-state index in [0.29, 0.717) is 23.1 Å². The number of ether oxygens (including phenoxy) is 2. The molecule has 44 heavy (non-hydrogen) atoms. The lowest BCUT2D eigenvalue weighted by Gasteiger charge is -2.32. The number of rotatable bonds is 10. The van der Waals surface area contributed by atoms with Gasteiger partial charge in [0.15, 0.2) is 11.5 Å². The number of hydrogen-bond donors (Lipinski definition) is 5. The third kappa shape index (κ3) is 6.87. The highest BCUT2D eigenvalue weighted by molar-refractivity contribution is 8.44. The molecule has 2 aliphatic rings. The molecule has 2 fully saturated rings. The molecule has 21 heteroatoms. The number of thiol groups is 2. The van der Waals surface area contributed by atoms with E-state index in [1.54, 1.807) is 24.7 Å². The van der Waals surface area contributed by atoms with Crippen molar-refractivity contribution >= 4 is 60.9 Å². The van der Waals surface area contributed by atoms with Crippen LogP contribution >= 0.6 is 38.1 Å². The molecule has 0 aromatic carbocycles. The van der Waals surface area contributed by atoms with Gasteiger partial charge in [-0.05, 0) is 26.2 Å². The van der Waals surface area contributed by atoms with E-state index in [0.717, 1.165) is 0 Å². The third-order valence-corrected chi connectivity index (χ3v) is 10.2. The molecule has 3 aromatic heterocycles. The van der Waals surface area contributed by atoms with Crippen LogP contribution in [0.15, 0.2) is 23.6 Å². The van der Waals surface area contributed by atoms with Crippen molar-refractivity contribution in [3.63, 3.8) is 0 Å². The monoisotopic (exact) mass is 692 g/mol. The zero-order valence-electron chi connectivity index (χ0n) is 24.2. The maximum Gasteiger partial charge on any atom is 0.386 e. The minimum absolute atomic E-state index is 0.0241. The fourth-order valence-electron chi connectivity index (χ4n) is 5.43. The van der Waals surface area contributed by atoms with Gasteiger partial charge in [0.25, 0.3) is 0 Å². The lowest BCUT2D eigenvalue weighted by molar-refractivity contribution is -0.109. The van der Waals surface area contributed by atoms with Crippen molar-refractivity contribution in [1.29, 1.82) is 0 Å². The Morgan fingerprint density at radius 2 is 1.89 bits per heavy atom. The first-order valence-corrected chi connectivity index (χ1v) is 18.9. The highest BCUT2D eigenvalue weighted by atomic mass is 32.7. The Morgan fingerprint density at radius 3 is 2.59 bits per heavy atom. The van der Waals surface area contributed by atoms with Crippen LogP contribution in [0.25, 0.3) is 11.2 Å². The van der Waals surface area contributed by atoms with Gasteiger partial charge in [-0.1, -0.05) is 38.3 Å². The Balaban J connectivity index is 1.31. The third-order valence-electron chi connectivity index (χ3n) is 7.77. The fraction of sp³-hybridized carbons (Fsp3) is 0.609. The summed E-state index contributed by atoms with van der Waals surface area (Å²) in [6.45, 7) is -2.18. The number of imidazole rings is 1. The normalized spacial score (nSPS) is 31.7. The van der Waals surface area contributed by atoms with E-state index in [-0.39, 0.29) is 24.2 Å². The summed E-state index contributed by atoms with van der Waals surface area (Å²) >= 11 is 7.78. The summed E-state index contributed by atoms with van der Waals surface area (Å²) in [5, 5.41) is 0. The highest BCUT2D eigenvalue weighted by Crippen LogP contribution is 2.60. The lowest BCUT2D eigenvalue weighted by Crippen LogP contribution is -2.43. The molecule has 0 amide bonds. The maximum atomic E-state index is 13.6. The average molecular weight is 693 g/mol. The van der Waals surface area contributed by atoms with Crippen molar-refractivity contribution in [2.45, 2.75) is 64.4 Å². The van der Waals surface area contributed by atoms with E-state index in [4.69, 9.17) is 34.5 Å². The Bertz CT molecular complexity index is 1710. The molecular formula is C23H34N8O9P2S2. The molecule has 0 spiro atoms. The summed E-state index contributed by atoms with van der Waals surface area (Å²) in [7, 11) is 0. The first kappa shape index (κ1) is 33.3. The average Bonchev–Trinajstić information content (AvgIpc) is 3.59. The fourth-order valence-corrected chi connectivity index (χ4v) is 7.63. The number of nitrogens with zero attached hydrogens (tertiary/aromatic N) is 6. The molecule has 5 heterocycles. The Kier molecular flexibility index (Phi) is 9.30. The quantitative estimate of drug-likeness (QED) is 0.152. The van der Waals surface area contributed by atoms with Crippen LogP contribution in [-0.2, 0) is 32.2 Å². The largest absolute Gasteiger partial charge is 0.386 e. The van der Waals surface area contributed by atoms with E-state index >= 15 is 0 Å². The molecule has 0 aliphatic carbocycles. The zero-order valence-corrected chi connectivity index (χ0v) is 27.7. The summed E-state index contributed by atoms with van der Waals surface area (Å²) in [6, 6.07) is 0. The standard InChI is InChI=1S/C23H34N8O9P2S2/c1-11-5-15(31-10-28-16-19(25)26-9-27-20(16)31)38-14(11)7-36-42(35,44)40-17-13(3)21(30-6-12(2)18(24)29-22(30)32)39-23(17,4)8-37-41(33,34)43/h6,9-11,13-15,17,21H,5,7-8H2,1-4H3,(H,35,44)(H2,24,29,32)(H2,25,26,27)(H2,33,34,43)/t11-,13+,14+,15+,17-,21+,23+,42?/m0/s1. The Labute approximate surface area is 262 Å². The van der Waals surface area contributed by atoms with Crippen LogP contribution in [0.5, 0.6) is 0 Å². The van der Waals surface area contributed by atoms with Crippen LogP contribution < -0.4 is 17.2 Å². The SMILES string of the molecule is Cc1cn([C@@H]2O[C@](C)(COP(=O)(O)S)[C@@H](OP(=O)(S)OC[C@H]3O[C@@H](n4cnc5c(N)ncnc54)C[C@@H]3C)[C@H]2C)c(=O)nc1N. The maximum absolute atomic E-state index is 13.6. The number of nitrogens with two attached hydrogens (primary N) is 2. The van der Waals surface area contributed by atoms with Crippen molar-refractivity contribution in [2.24, 2.45) is 11.8 Å². The first-order chi connectivity index (χ1) is 20.5. The molecule has 0 bridgehead atoms. The molecule has 3 aromatic rings. The zero-order chi connectivity index (χ0) is 32.2. The van der Waals surface area contributed by atoms with Gasteiger partial charge in [-0.2, -0.15) is 4.98 Å². The van der Waals surface area contributed by atoms with Crippen molar-refractivity contribution < 1.29 is 37.1 Å². The second kappa shape index (κ2) is 12.3. The van der Waals surface area contributed by atoms with E-state index in [1.807, 2.05) is 6.92 Å². The molecule has 5 rings (SSSR count). The highest BCUT2D eigenvalue weighted by Gasteiger charge is 2.55. The molecule has 2 aliphatic heterocycles. The number of fused-ring (bicyclic) bond motifs is 1. The van der Waals surface area contributed by atoms with Crippen LogP contribution in [0.4, 0.5) is 11.6 Å². The minimum Gasteiger partial charge on any atom is -0.383 e. The number of aryl methyl sites for hydroxylation is 1. The molecule has 2 unspecified atom stereocenters. The second-order valence-corrected chi connectivity index (χ2v) is 16.8. The number of anilines is 2. The van der Waals surface area contributed by atoms with Gasteiger partial charge < -0.3 is 25.8 Å². The van der Waals surface area contributed by atoms with Gasteiger partial charge in [-0.25, -0.2) is 28.9 Å². The van der Waals surface area contributed by atoms with Crippen molar-refractivity contribution in [2.75, 3.05) is 24.7 Å². The summed E-state index contributed by atoms with van der Waals surface area (Å²) < 4.78 is 57.5. The van der Waals surface area contributed by atoms with E-state index in [9.17, 15) is 18.8 Å². The molecule has 17 nitrogen and oxygen atoms in total. The number of nitrogen functional groups attached to an aromatic ring is 2. The van der Waals surface area contributed by atoms with Crippen molar-refractivity contribution in [1.82, 2.24) is 29.1 Å². The van der Waals surface area contributed by atoms with Gasteiger partial charge >= 0.3 is 19.3 Å². The number of hydrogen-bond acceptors (Lipinski definition) is 14. The summed E-state index contributed by atoms with van der Waals surface area (Å²) in [6.07, 6.45) is 1.95. The molecular weight excluding hydrogens is 658 g/mol. The van der Waals surface area contributed by atoms with Crippen LogP contribution in [0, 0.1) is 18.8 Å². The predicted octanol–water partition coefficient (Wildman–Crippen LogP) is 2.89. The minimum atomic E-state index is -4.25. The first-order valence-electron chi connectivity index (χ1n) is 13.5. The van der Waals surface area contributed by atoms with Crippen LogP contribution in [0.2, 0.25) is 0 Å². The van der Waals surface area contributed by atoms with E-state index in [1.165, 1.54) is 24.0 Å². The summed E-state index contributed by atoms with van der Waals surface area (Å²) in [4.78, 5) is 38.7. The van der Waals surface area contributed by atoms with E-state index in [2.05, 4.69) is 44.4 Å². The smallest absolute Gasteiger partial charge is 0.383 e. The molecule has 0 radical (unpaired) electrons. The molecule has 2 saturated heterocycles.